The van der Waals surface area contributed by atoms with Crippen LogP contribution in [0, 0.1) is 6.92 Å². The van der Waals surface area contributed by atoms with E-state index in [2.05, 4.69) is 11.9 Å². The zero-order valence-corrected chi connectivity index (χ0v) is 11.4. The van der Waals surface area contributed by atoms with E-state index in [-0.39, 0.29) is 0 Å². The van der Waals surface area contributed by atoms with E-state index in [1.165, 1.54) is 11.3 Å². The molecular formula is C14H17NO2S. The average molecular weight is 263 g/mol. The molecule has 0 amide bonds. The summed E-state index contributed by atoms with van der Waals surface area (Å²) in [5.41, 5.74) is 0.801. The number of aryl methyl sites for hydroxylation is 1. The molecule has 2 aromatic rings. The monoisotopic (exact) mass is 263 g/mol. The van der Waals surface area contributed by atoms with Gasteiger partial charge < -0.3 is 9.84 Å². The van der Waals surface area contributed by atoms with Crippen LogP contribution in [0.1, 0.15) is 34.9 Å². The summed E-state index contributed by atoms with van der Waals surface area (Å²) in [5, 5.41) is 11.3. The SMILES string of the molecule is CCCOc1ccccc1C(O)c1cnc(C)s1. The number of aliphatic hydroxyl groups is 1. The van der Waals surface area contributed by atoms with Crippen molar-refractivity contribution < 1.29 is 9.84 Å². The third-order valence-corrected chi connectivity index (χ3v) is 3.55. The standard InChI is InChI=1S/C14H17NO2S/c1-3-8-17-12-7-5-4-6-11(12)14(16)13-9-15-10(2)18-13/h4-7,9,14,16H,3,8H2,1-2H3. The molecule has 1 N–H and O–H groups in total. The van der Waals surface area contributed by atoms with Gasteiger partial charge >= 0.3 is 0 Å². The van der Waals surface area contributed by atoms with Crippen molar-refractivity contribution in [2.75, 3.05) is 6.61 Å². The summed E-state index contributed by atoms with van der Waals surface area (Å²) in [6.45, 7) is 4.65. The summed E-state index contributed by atoms with van der Waals surface area (Å²) in [7, 11) is 0. The molecule has 0 bridgehead atoms. The second-order valence-electron chi connectivity index (χ2n) is 4.07. The lowest BCUT2D eigenvalue weighted by molar-refractivity contribution is 0.214. The third-order valence-electron chi connectivity index (χ3n) is 2.58. The molecule has 3 nitrogen and oxygen atoms in total. The molecule has 0 spiro atoms. The van der Waals surface area contributed by atoms with Crippen LogP contribution in [0.2, 0.25) is 0 Å². The van der Waals surface area contributed by atoms with Gasteiger partial charge in [-0.25, -0.2) is 4.98 Å². The fourth-order valence-electron chi connectivity index (χ4n) is 1.71. The Bertz CT molecular complexity index is 510. The maximum atomic E-state index is 10.4. The van der Waals surface area contributed by atoms with Crippen LogP contribution in [0.3, 0.4) is 0 Å². The van der Waals surface area contributed by atoms with E-state index in [0.29, 0.717) is 6.61 Å². The first kappa shape index (κ1) is 13.1. The Hall–Kier alpha value is -1.39. The number of hydrogen-bond acceptors (Lipinski definition) is 4. The Balaban J connectivity index is 2.26. The van der Waals surface area contributed by atoms with Crippen molar-refractivity contribution in [1.82, 2.24) is 4.98 Å². The van der Waals surface area contributed by atoms with Crippen LogP contribution < -0.4 is 4.74 Å². The van der Waals surface area contributed by atoms with Crippen molar-refractivity contribution in [2.24, 2.45) is 0 Å². The number of benzene rings is 1. The highest BCUT2D eigenvalue weighted by Gasteiger charge is 2.17. The molecule has 18 heavy (non-hydrogen) atoms. The lowest BCUT2D eigenvalue weighted by Gasteiger charge is -2.14. The smallest absolute Gasteiger partial charge is 0.125 e. The van der Waals surface area contributed by atoms with Gasteiger partial charge in [0.25, 0.3) is 0 Å². The topological polar surface area (TPSA) is 42.4 Å². The zero-order valence-electron chi connectivity index (χ0n) is 10.6. The first-order valence-electron chi connectivity index (χ1n) is 6.04. The van der Waals surface area contributed by atoms with Gasteiger partial charge in [0.15, 0.2) is 0 Å². The number of para-hydroxylation sites is 1. The number of thiazole rings is 1. The van der Waals surface area contributed by atoms with Gasteiger partial charge in [0.2, 0.25) is 0 Å². The molecule has 1 heterocycles. The summed E-state index contributed by atoms with van der Waals surface area (Å²) in [5.74, 6) is 0.748. The second kappa shape index (κ2) is 5.98. The normalized spacial score (nSPS) is 12.4. The molecule has 96 valence electrons. The quantitative estimate of drug-likeness (QED) is 0.899. The van der Waals surface area contributed by atoms with Crippen LogP contribution in [-0.2, 0) is 0 Å². The molecule has 0 aliphatic carbocycles. The second-order valence-corrected chi connectivity index (χ2v) is 5.34. The molecule has 2 rings (SSSR count). The lowest BCUT2D eigenvalue weighted by atomic mass is 10.1. The molecule has 1 aromatic carbocycles. The van der Waals surface area contributed by atoms with Crippen molar-refractivity contribution in [3.8, 4) is 5.75 Å². The summed E-state index contributed by atoms with van der Waals surface area (Å²) in [6, 6.07) is 7.61. The maximum absolute atomic E-state index is 10.4. The van der Waals surface area contributed by atoms with Gasteiger partial charge in [0.1, 0.15) is 11.9 Å². The average Bonchev–Trinajstić information content (AvgIpc) is 2.82. The molecule has 0 saturated heterocycles. The predicted octanol–water partition coefficient (Wildman–Crippen LogP) is 3.32. The van der Waals surface area contributed by atoms with Crippen LogP contribution in [0.25, 0.3) is 0 Å². The summed E-state index contributed by atoms with van der Waals surface area (Å²) < 4.78 is 5.66. The number of aromatic nitrogens is 1. The fraction of sp³-hybridized carbons (Fsp3) is 0.357. The molecular weight excluding hydrogens is 246 g/mol. The number of nitrogens with zero attached hydrogens (tertiary/aromatic N) is 1. The van der Waals surface area contributed by atoms with Gasteiger partial charge in [-0.3, -0.25) is 0 Å². The number of ether oxygens (including phenoxy) is 1. The molecule has 1 aromatic heterocycles. The van der Waals surface area contributed by atoms with E-state index in [9.17, 15) is 5.11 Å². The minimum Gasteiger partial charge on any atom is -0.493 e. The molecule has 0 aliphatic heterocycles. The highest BCUT2D eigenvalue weighted by atomic mass is 32.1. The van der Waals surface area contributed by atoms with Crippen LogP contribution >= 0.6 is 11.3 Å². The van der Waals surface area contributed by atoms with Crippen molar-refractivity contribution in [1.29, 1.82) is 0 Å². The van der Waals surface area contributed by atoms with E-state index >= 15 is 0 Å². The van der Waals surface area contributed by atoms with Crippen LogP contribution in [0.5, 0.6) is 5.75 Å². The van der Waals surface area contributed by atoms with Gasteiger partial charge in [-0.05, 0) is 19.4 Å². The van der Waals surface area contributed by atoms with Gasteiger partial charge in [-0.2, -0.15) is 0 Å². The maximum Gasteiger partial charge on any atom is 0.125 e. The van der Waals surface area contributed by atoms with E-state index < -0.39 is 6.10 Å². The van der Waals surface area contributed by atoms with E-state index in [4.69, 9.17) is 4.74 Å². The third kappa shape index (κ3) is 2.89. The van der Waals surface area contributed by atoms with Gasteiger partial charge in [-0.1, -0.05) is 25.1 Å². The highest BCUT2D eigenvalue weighted by Crippen LogP contribution is 2.32. The Kier molecular flexibility index (Phi) is 4.33. The zero-order chi connectivity index (χ0) is 13.0. The Labute approximate surface area is 111 Å². The van der Waals surface area contributed by atoms with Crippen LogP contribution in [0.4, 0.5) is 0 Å². The Morgan fingerprint density at radius 3 is 2.83 bits per heavy atom. The fourth-order valence-corrected chi connectivity index (χ4v) is 2.50. The largest absolute Gasteiger partial charge is 0.493 e. The van der Waals surface area contributed by atoms with Gasteiger partial charge in [0, 0.05) is 11.8 Å². The predicted molar refractivity (Wildman–Crippen MR) is 73.1 cm³/mol. The summed E-state index contributed by atoms with van der Waals surface area (Å²) in [6.07, 6.45) is 2.01. The molecule has 4 heteroatoms. The Morgan fingerprint density at radius 1 is 1.39 bits per heavy atom. The number of hydrogen-bond donors (Lipinski definition) is 1. The van der Waals surface area contributed by atoms with E-state index in [1.807, 2.05) is 31.2 Å². The Morgan fingerprint density at radius 2 is 2.17 bits per heavy atom. The molecule has 0 fully saturated rings. The molecule has 0 saturated carbocycles. The van der Waals surface area contributed by atoms with Gasteiger partial charge in [0.05, 0.1) is 16.5 Å². The molecule has 1 unspecified atom stereocenters. The van der Waals surface area contributed by atoms with Crippen molar-refractivity contribution in [3.63, 3.8) is 0 Å². The summed E-state index contributed by atoms with van der Waals surface area (Å²) >= 11 is 1.51. The van der Waals surface area contributed by atoms with Gasteiger partial charge in [-0.15, -0.1) is 11.3 Å². The molecule has 0 radical (unpaired) electrons. The minimum atomic E-state index is -0.663. The minimum absolute atomic E-state index is 0.658. The first-order valence-corrected chi connectivity index (χ1v) is 6.86. The number of aliphatic hydroxyl groups excluding tert-OH is 1. The van der Waals surface area contributed by atoms with Crippen LogP contribution in [0.15, 0.2) is 30.5 Å². The molecule has 1 atom stereocenters. The van der Waals surface area contributed by atoms with Crippen molar-refractivity contribution in [3.05, 3.63) is 45.9 Å². The number of rotatable bonds is 5. The van der Waals surface area contributed by atoms with Crippen LogP contribution in [-0.4, -0.2) is 16.7 Å². The lowest BCUT2D eigenvalue weighted by Crippen LogP contribution is -2.03. The van der Waals surface area contributed by atoms with Crippen molar-refractivity contribution in [2.45, 2.75) is 26.4 Å². The molecule has 0 aliphatic rings. The summed E-state index contributed by atoms with van der Waals surface area (Å²) in [4.78, 5) is 5.02. The van der Waals surface area contributed by atoms with E-state index in [1.54, 1.807) is 6.20 Å². The highest BCUT2D eigenvalue weighted by molar-refractivity contribution is 7.11. The van der Waals surface area contributed by atoms with E-state index in [0.717, 1.165) is 27.6 Å². The first-order chi connectivity index (χ1) is 8.72. The van der Waals surface area contributed by atoms with Crippen molar-refractivity contribution >= 4 is 11.3 Å².